The topological polar surface area (TPSA) is 44.8 Å². The average molecular weight is 275 g/mol. The number of benzene rings is 1. The molecule has 0 radical (unpaired) electrons. The maximum Gasteiger partial charge on any atom is 0.249 e. The molecule has 3 rings (SSSR count). The van der Waals surface area contributed by atoms with Crippen molar-refractivity contribution in [1.29, 1.82) is 0 Å². The summed E-state index contributed by atoms with van der Waals surface area (Å²) in [4.78, 5) is 16.6. The van der Waals surface area contributed by atoms with Gasteiger partial charge in [0.2, 0.25) is 5.91 Å². The molecule has 0 bridgehead atoms. The van der Waals surface area contributed by atoms with Crippen molar-refractivity contribution in [3.05, 3.63) is 24.3 Å². The van der Waals surface area contributed by atoms with Gasteiger partial charge in [0.25, 0.3) is 0 Å². The van der Waals surface area contributed by atoms with Gasteiger partial charge in [0.05, 0.1) is 24.6 Å². The summed E-state index contributed by atoms with van der Waals surface area (Å²) in [5.74, 6) is 0.150. The Morgan fingerprint density at radius 3 is 2.80 bits per heavy atom. The van der Waals surface area contributed by atoms with Crippen LogP contribution in [0.1, 0.15) is 6.92 Å². The molecule has 2 aliphatic heterocycles. The number of morpholine rings is 1. The molecule has 1 atom stereocenters. The summed E-state index contributed by atoms with van der Waals surface area (Å²) in [7, 11) is 0. The Labute approximate surface area is 119 Å². The molecule has 5 heteroatoms. The van der Waals surface area contributed by atoms with Crippen LogP contribution in [0.2, 0.25) is 0 Å². The molecule has 1 unspecified atom stereocenters. The van der Waals surface area contributed by atoms with Crippen molar-refractivity contribution >= 4 is 17.3 Å². The number of ether oxygens (including phenoxy) is 1. The molecule has 0 saturated carbocycles. The molecule has 1 aromatic carbocycles. The van der Waals surface area contributed by atoms with E-state index in [9.17, 15) is 4.79 Å². The Kier molecular flexibility index (Phi) is 3.89. The van der Waals surface area contributed by atoms with Gasteiger partial charge in [0.15, 0.2) is 0 Å². The second-order valence-electron chi connectivity index (χ2n) is 5.33. The van der Waals surface area contributed by atoms with Crippen LogP contribution < -0.4 is 10.2 Å². The molecule has 108 valence electrons. The Hall–Kier alpha value is -1.59. The third kappa shape index (κ3) is 2.64. The van der Waals surface area contributed by atoms with Gasteiger partial charge in [-0.2, -0.15) is 0 Å². The number of amides is 1. The van der Waals surface area contributed by atoms with Crippen molar-refractivity contribution in [1.82, 2.24) is 4.90 Å². The van der Waals surface area contributed by atoms with E-state index in [1.165, 1.54) is 0 Å². The molecule has 2 aliphatic rings. The van der Waals surface area contributed by atoms with Gasteiger partial charge in [-0.3, -0.25) is 9.69 Å². The predicted molar refractivity (Wildman–Crippen MR) is 79.1 cm³/mol. The standard InChI is InChI=1S/C15H21N3O2/c1-12-15(19)18(7-6-17-8-10-20-11-9-17)14-5-3-2-4-13(14)16-12/h2-5,12,16H,6-11H2,1H3. The number of anilines is 2. The number of carbonyl (C=O) groups excluding carboxylic acids is 1. The van der Waals surface area contributed by atoms with Crippen LogP contribution >= 0.6 is 0 Å². The Morgan fingerprint density at radius 2 is 2.00 bits per heavy atom. The van der Waals surface area contributed by atoms with Crippen LogP contribution in [0.5, 0.6) is 0 Å². The fourth-order valence-corrected chi connectivity index (χ4v) is 2.78. The van der Waals surface area contributed by atoms with Crippen molar-refractivity contribution in [2.45, 2.75) is 13.0 Å². The summed E-state index contributed by atoms with van der Waals surface area (Å²) >= 11 is 0. The third-order valence-corrected chi connectivity index (χ3v) is 3.95. The Morgan fingerprint density at radius 1 is 1.25 bits per heavy atom. The number of carbonyl (C=O) groups is 1. The van der Waals surface area contributed by atoms with Crippen LogP contribution in [0, 0.1) is 0 Å². The van der Waals surface area contributed by atoms with Gasteiger partial charge in [-0.25, -0.2) is 0 Å². The molecule has 2 heterocycles. The van der Waals surface area contributed by atoms with E-state index in [1.54, 1.807) is 0 Å². The minimum absolute atomic E-state index is 0.150. The van der Waals surface area contributed by atoms with Crippen molar-refractivity contribution in [3.63, 3.8) is 0 Å². The van der Waals surface area contributed by atoms with Crippen LogP contribution in [0.25, 0.3) is 0 Å². The van der Waals surface area contributed by atoms with Crippen LogP contribution in [0.4, 0.5) is 11.4 Å². The minimum atomic E-state index is -0.158. The Balaban J connectivity index is 1.72. The fraction of sp³-hybridized carbons (Fsp3) is 0.533. The van der Waals surface area contributed by atoms with Gasteiger partial charge < -0.3 is 15.0 Å². The number of fused-ring (bicyclic) bond motifs is 1. The molecule has 0 aromatic heterocycles. The maximum absolute atomic E-state index is 12.4. The quantitative estimate of drug-likeness (QED) is 0.899. The summed E-state index contributed by atoms with van der Waals surface area (Å²) in [5, 5.41) is 3.25. The van der Waals surface area contributed by atoms with Gasteiger partial charge in [-0.1, -0.05) is 12.1 Å². The molecular weight excluding hydrogens is 254 g/mol. The highest BCUT2D eigenvalue weighted by molar-refractivity contribution is 6.04. The van der Waals surface area contributed by atoms with Crippen molar-refractivity contribution in [3.8, 4) is 0 Å². The van der Waals surface area contributed by atoms with Crippen molar-refractivity contribution in [2.75, 3.05) is 49.6 Å². The number of nitrogens with one attached hydrogen (secondary N) is 1. The zero-order valence-electron chi connectivity index (χ0n) is 11.8. The normalized spacial score (nSPS) is 23.4. The van der Waals surface area contributed by atoms with E-state index in [1.807, 2.05) is 36.1 Å². The van der Waals surface area contributed by atoms with Crippen LogP contribution in [0.3, 0.4) is 0 Å². The number of hydrogen-bond donors (Lipinski definition) is 1. The summed E-state index contributed by atoms with van der Waals surface area (Å²) in [6, 6.07) is 7.85. The lowest BCUT2D eigenvalue weighted by atomic mass is 10.1. The lowest BCUT2D eigenvalue weighted by Crippen LogP contribution is -2.49. The second kappa shape index (κ2) is 5.81. The monoisotopic (exact) mass is 275 g/mol. The SMILES string of the molecule is CC1Nc2ccccc2N(CCN2CCOCC2)C1=O. The zero-order chi connectivity index (χ0) is 13.9. The van der Waals surface area contributed by atoms with Gasteiger partial charge in [0.1, 0.15) is 6.04 Å². The first-order valence-electron chi connectivity index (χ1n) is 7.23. The van der Waals surface area contributed by atoms with E-state index in [4.69, 9.17) is 4.74 Å². The summed E-state index contributed by atoms with van der Waals surface area (Å²) in [6.07, 6.45) is 0. The summed E-state index contributed by atoms with van der Waals surface area (Å²) in [6.45, 7) is 7.05. The molecular formula is C15H21N3O2. The lowest BCUT2D eigenvalue weighted by Gasteiger charge is -2.36. The highest BCUT2D eigenvalue weighted by Crippen LogP contribution is 2.30. The highest BCUT2D eigenvalue weighted by Gasteiger charge is 2.29. The van der Waals surface area contributed by atoms with E-state index < -0.39 is 0 Å². The fourth-order valence-electron chi connectivity index (χ4n) is 2.78. The Bertz CT molecular complexity index is 486. The van der Waals surface area contributed by atoms with Gasteiger partial charge in [0, 0.05) is 26.2 Å². The van der Waals surface area contributed by atoms with E-state index in [-0.39, 0.29) is 11.9 Å². The second-order valence-corrected chi connectivity index (χ2v) is 5.33. The van der Waals surface area contributed by atoms with Crippen LogP contribution in [-0.2, 0) is 9.53 Å². The first-order chi connectivity index (χ1) is 9.75. The summed E-state index contributed by atoms with van der Waals surface area (Å²) in [5.41, 5.74) is 2.03. The van der Waals surface area contributed by atoms with E-state index >= 15 is 0 Å². The molecule has 1 aromatic rings. The molecule has 5 nitrogen and oxygen atoms in total. The molecule has 1 amide bonds. The van der Waals surface area contributed by atoms with Gasteiger partial charge in [-0.05, 0) is 19.1 Å². The molecule has 1 fully saturated rings. The number of hydrogen-bond acceptors (Lipinski definition) is 4. The average Bonchev–Trinajstić information content (AvgIpc) is 2.49. The van der Waals surface area contributed by atoms with E-state index in [2.05, 4.69) is 10.2 Å². The first kappa shape index (κ1) is 13.4. The van der Waals surface area contributed by atoms with Crippen LogP contribution in [0.15, 0.2) is 24.3 Å². The minimum Gasteiger partial charge on any atom is -0.379 e. The largest absolute Gasteiger partial charge is 0.379 e. The smallest absolute Gasteiger partial charge is 0.249 e. The number of para-hydroxylation sites is 2. The van der Waals surface area contributed by atoms with E-state index in [0.29, 0.717) is 0 Å². The van der Waals surface area contributed by atoms with Crippen LogP contribution in [-0.4, -0.2) is 56.2 Å². The summed E-state index contributed by atoms with van der Waals surface area (Å²) < 4.78 is 5.35. The highest BCUT2D eigenvalue weighted by atomic mass is 16.5. The zero-order valence-corrected chi connectivity index (χ0v) is 11.8. The predicted octanol–water partition coefficient (Wildman–Crippen LogP) is 1.17. The number of nitrogens with zero attached hydrogens (tertiary/aromatic N) is 2. The van der Waals surface area contributed by atoms with Gasteiger partial charge in [-0.15, -0.1) is 0 Å². The molecule has 0 spiro atoms. The van der Waals surface area contributed by atoms with Crippen molar-refractivity contribution in [2.24, 2.45) is 0 Å². The molecule has 1 N–H and O–H groups in total. The van der Waals surface area contributed by atoms with E-state index in [0.717, 1.165) is 50.8 Å². The third-order valence-electron chi connectivity index (χ3n) is 3.95. The molecule has 0 aliphatic carbocycles. The lowest BCUT2D eigenvalue weighted by molar-refractivity contribution is -0.119. The first-order valence-corrected chi connectivity index (χ1v) is 7.23. The van der Waals surface area contributed by atoms with Gasteiger partial charge >= 0.3 is 0 Å². The molecule has 1 saturated heterocycles. The van der Waals surface area contributed by atoms with Crippen molar-refractivity contribution < 1.29 is 9.53 Å². The maximum atomic E-state index is 12.4. The molecule has 20 heavy (non-hydrogen) atoms. The number of rotatable bonds is 3.